The molecule has 1 fully saturated rings. The van der Waals surface area contributed by atoms with Crippen LogP contribution in [0.1, 0.15) is 31.2 Å². The van der Waals surface area contributed by atoms with Gasteiger partial charge in [-0.25, -0.2) is 15.0 Å². The Labute approximate surface area is 193 Å². The zero-order chi connectivity index (χ0) is 22.8. The van der Waals surface area contributed by atoms with Crippen LogP contribution in [-0.4, -0.2) is 59.9 Å². The molecule has 0 spiro atoms. The van der Waals surface area contributed by atoms with Crippen LogP contribution in [0.25, 0.3) is 0 Å². The van der Waals surface area contributed by atoms with Gasteiger partial charge in [0.1, 0.15) is 0 Å². The number of fused-ring (bicyclic) bond motifs is 1. The second-order valence-corrected chi connectivity index (χ2v) is 8.66. The van der Waals surface area contributed by atoms with Crippen LogP contribution in [0.5, 0.6) is 11.5 Å². The molecule has 0 saturated carbocycles. The number of anilines is 1. The summed E-state index contributed by atoms with van der Waals surface area (Å²) in [5, 5.41) is 6.76. The number of benzene rings is 1. The molecule has 1 amide bonds. The maximum Gasteiger partial charge on any atom is 0.247 e. The number of nitrogens with zero attached hydrogens (tertiary/aromatic N) is 5. The van der Waals surface area contributed by atoms with Crippen LogP contribution < -0.4 is 14.4 Å². The maximum absolute atomic E-state index is 13.5. The number of amides is 1. The fourth-order valence-corrected chi connectivity index (χ4v) is 5.09. The minimum absolute atomic E-state index is 0.0689. The van der Waals surface area contributed by atoms with E-state index in [-0.39, 0.29) is 23.8 Å². The average Bonchev–Trinajstić information content (AvgIpc) is 2.89. The van der Waals surface area contributed by atoms with E-state index in [1.165, 1.54) is 0 Å². The van der Waals surface area contributed by atoms with E-state index in [0.717, 1.165) is 56.0 Å². The van der Waals surface area contributed by atoms with Gasteiger partial charge < -0.3 is 14.4 Å². The molecule has 1 saturated heterocycles. The van der Waals surface area contributed by atoms with Crippen molar-refractivity contribution in [2.75, 3.05) is 32.2 Å². The van der Waals surface area contributed by atoms with Crippen molar-refractivity contribution >= 4 is 17.6 Å². The molecule has 5 rings (SSSR count). The number of hydrogen-bond acceptors (Lipinski definition) is 7. The zero-order valence-corrected chi connectivity index (χ0v) is 19.1. The number of hydrazone groups is 1. The fraction of sp³-hybridized carbons (Fsp3) is 0.440. The van der Waals surface area contributed by atoms with Gasteiger partial charge in [-0.05, 0) is 49.9 Å². The highest BCUT2D eigenvalue weighted by atomic mass is 16.5. The fourth-order valence-electron chi connectivity index (χ4n) is 5.09. The van der Waals surface area contributed by atoms with Gasteiger partial charge in [0.25, 0.3) is 0 Å². The number of carbonyl (C=O) groups is 1. The van der Waals surface area contributed by atoms with Crippen LogP contribution in [0.2, 0.25) is 0 Å². The van der Waals surface area contributed by atoms with E-state index in [1.807, 2.05) is 24.3 Å². The van der Waals surface area contributed by atoms with E-state index < -0.39 is 0 Å². The number of aromatic nitrogens is 2. The lowest BCUT2D eigenvalue weighted by Gasteiger charge is -2.42. The molecule has 3 aliphatic rings. The summed E-state index contributed by atoms with van der Waals surface area (Å²) in [6.45, 7) is 1.60. The molecule has 0 bridgehead atoms. The molecular weight excluding hydrogens is 418 g/mol. The third-order valence-electron chi connectivity index (χ3n) is 6.87. The minimum Gasteiger partial charge on any atom is -0.493 e. The molecule has 0 radical (unpaired) electrons. The van der Waals surface area contributed by atoms with E-state index in [0.29, 0.717) is 11.5 Å². The second-order valence-electron chi connectivity index (χ2n) is 8.66. The lowest BCUT2D eigenvalue weighted by molar-refractivity contribution is -0.140. The van der Waals surface area contributed by atoms with Crippen molar-refractivity contribution < 1.29 is 14.3 Å². The van der Waals surface area contributed by atoms with Gasteiger partial charge >= 0.3 is 0 Å². The van der Waals surface area contributed by atoms with Gasteiger partial charge in [-0.1, -0.05) is 12.2 Å². The van der Waals surface area contributed by atoms with E-state index in [1.54, 1.807) is 31.6 Å². The molecule has 2 aliphatic heterocycles. The molecule has 1 aliphatic carbocycles. The molecule has 172 valence electrons. The predicted octanol–water partition coefficient (Wildman–Crippen LogP) is 3.29. The third kappa shape index (κ3) is 4.05. The van der Waals surface area contributed by atoms with Crippen LogP contribution in [0.15, 0.2) is 53.9 Å². The molecule has 1 aromatic carbocycles. The minimum atomic E-state index is -0.0777. The Hall–Kier alpha value is -3.42. The van der Waals surface area contributed by atoms with E-state index >= 15 is 0 Å². The normalized spacial score (nSPS) is 23.2. The van der Waals surface area contributed by atoms with Gasteiger partial charge in [0.15, 0.2) is 11.5 Å². The maximum atomic E-state index is 13.5. The first kappa shape index (κ1) is 21.4. The largest absolute Gasteiger partial charge is 0.493 e. The number of ether oxygens (including phenoxy) is 2. The summed E-state index contributed by atoms with van der Waals surface area (Å²) in [7, 11) is 3.27. The lowest BCUT2D eigenvalue weighted by Crippen LogP contribution is -2.52. The molecule has 1 aromatic heterocycles. The summed E-state index contributed by atoms with van der Waals surface area (Å²) >= 11 is 0. The smallest absolute Gasteiger partial charge is 0.247 e. The molecular formula is C25H29N5O3. The van der Waals surface area contributed by atoms with Crippen molar-refractivity contribution in [3.63, 3.8) is 0 Å². The highest BCUT2D eigenvalue weighted by Crippen LogP contribution is 2.38. The number of methoxy groups -OCH3 is 2. The summed E-state index contributed by atoms with van der Waals surface area (Å²) in [5.74, 6) is 2.23. The van der Waals surface area contributed by atoms with E-state index in [9.17, 15) is 4.79 Å². The van der Waals surface area contributed by atoms with E-state index in [4.69, 9.17) is 14.6 Å². The Morgan fingerprint density at radius 3 is 2.33 bits per heavy atom. The first-order chi connectivity index (χ1) is 16.2. The first-order valence-electron chi connectivity index (χ1n) is 11.5. The number of hydrogen-bond donors (Lipinski definition) is 0. The van der Waals surface area contributed by atoms with E-state index in [2.05, 4.69) is 27.0 Å². The zero-order valence-electron chi connectivity index (χ0n) is 19.1. The molecule has 8 heteroatoms. The van der Waals surface area contributed by atoms with Crippen molar-refractivity contribution in [1.82, 2.24) is 15.0 Å². The van der Waals surface area contributed by atoms with Crippen LogP contribution in [0, 0.1) is 11.8 Å². The second kappa shape index (κ2) is 9.21. The van der Waals surface area contributed by atoms with Gasteiger partial charge in [0, 0.05) is 37.0 Å². The van der Waals surface area contributed by atoms with Gasteiger partial charge in [-0.15, -0.1) is 0 Å². The average molecular weight is 448 g/mol. The SMILES string of the molecule is COc1ccc(C2=NN(C3CCN(c4ncccn4)CC3)C(=O)C3CC=CCC23)cc1OC. The molecule has 33 heavy (non-hydrogen) atoms. The standard InChI is InChI=1S/C25H29N5O3/c1-32-21-9-8-17(16-22(21)33-2)23-19-6-3-4-7-20(19)24(31)30(28-23)18-10-14-29(15-11-18)25-26-12-5-13-27-25/h3-5,8-9,12-13,16,18-20H,6-7,10-11,14-15H2,1-2H3. The number of carbonyl (C=O) groups excluding carboxylic acids is 1. The van der Waals surface area contributed by atoms with Gasteiger partial charge in [0.05, 0.1) is 31.9 Å². The summed E-state index contributed by atoms with van der Waals surface area (Å²) in [6, 6.07) is 7.78. The van der Waals surface area contributed by atoms with Crippen LogP contribution in [0.3, 0.4) is 0 Å². The molecule has 2 unspecified atom stereocenters. The van der Waals surface area contributed by atoms with Crippen molar-refractivity contribution in [2.45, 2.75) is 31.7 Å². The number of piperidine rings is 1. The quantitative estimate of drug-likeness (QED) is 0.655. The molecule has 2 atom stereocenters. The van der Waals surface area contributed by atoms with Crippen molar-refractivity contribution in [3.05, 3.63) is 54.4 Å². The Kier molecular flexibility index (Phi) is 5.98. The van der Waals surface area contributed by atoms with Crippen molar-refractivity contribution in [3.8, 4) is 11.5 Å². The summed E-state index contributed by atoms with van der Waals surface area (Å²) < 4.78 is 10.9. The highest BCUT2D eigenvalue weighted by molar-refractivity contribution is 6.07. The Morgan fingerprint density at radius 1 is 0.939 bits per heavy atom. The van der Waals surface area contributed by atoms with Crippen molar-refractivity contribution in [2.24, 2.45) is 16.9 Å². The van der Waals surface area contributed by atoms with Crippen molar-refractivity contribution in [1.29, 1.82) is 0 Å². The molecule has 2 aromatic rings. The molecule has 3 heterocycles. The van der Waals surface area contributed by atoms with Crippen LogP contribution in [0.4, 0.5) is 5.95 Å². The predicted molar refractivity (Wildman–Crippen MR) is 126 cm³/mol. The van der Waals surface area contributed by atoms with Crippen LogP contribution >= 0.6 is 0 Å². The Bertz CT molecular complexity index is 1060. The monoisotopic (exact) mass is 447 g/mol. The molecule has 8 nitrogen and oxygen atoms in total. The summed E-state index contributed by atoms with van der Waals surface area (Å²) in [4.78, 5) is 24.4. The molecule has 0 N–H and O–H groups in total. The Balaban J connectivity index is 1.43. The highest BCUT2D eigenvalue weighted by Gasteiger charge is 2.43. The third-order valence-corrected chi connectivity index (χ3v) is 6.87. The van der Waals surface area contributed by atoms with Gasteiger partial charge in [-0.3, -0.25) is 4.79 Å². The number of rotatable bonds is 5. The number of allylic oxidation sites excluding steroid dienone is 2. The first-order valence-corrected chi connectivity index (χ1v) is 11.5. The summed E-state index contributed by atoms with van der Waals surface area (Å²) in [6.07, 6.45) is 11.1. The van der Waals surface area contributed by atoms with Crippen LogP contribution in [-0.2, 0) is 4.79 Å². The van der Waals surface area contributed by atoms with Gasteiger partial charge in [0.2, 0.25) is 11.9 Å². The lowest BCUT2D eigenvalue weighted by atomic mass is 9.76. The topological polar surface area (TPSA) is 80.2 Å². The van der Waals surface area contributed by atoms with Gasteiger partial charge in [-0.2, -0.15) is 5.10 Å². The summed E-state index contributed by atoms with van der Waals surface area (Å²) in [5.41, 5.74) is 1.93. The Morgan fingerprint density at radius 2 is 1.64 bits per heavy atom.